The summed E-state index contributed by atoms with van der Waals surface area (Å²) >= 11 is 0. The Kier molecular flexibility index (Phi) is 14.8. The number of hydrogen-bond acceptors (Lipinski definition) is 7. The minimum atomic E-state index is -1.21. The zero-order valence-corrected chi connectivity index (χ0v) is 24.1. The van der Waals surface area contributed by atoms with Crippen LogP contribution in [0.1, 0.15) is 75.2 Å². The number of Topliss-reactive ketones (excluding diaryl/α,β-unsaturated/α-hetero) is 1. The number of aliphatic carboxylic acids is 1. The monoisotopic (exact) mass is 541 g/mol. The number of nitrogens with one attached hydrogen (secondary N) is 4. The molecule has 0 aromatic heterocycles. The van der Waals surface area contributed by atoms with Crippen molar-refractivity contribution in [2.75, 3.05) is 0 Å². The lowest BCUT2D eigenvalue weighted by Crippen LogP contribution is -2.59. The molecule has 38 heavy (non-hydrogen) atoms. The largest absolute Gasteiger partial charge is 0.480 e. The molecule has 0 aromatic carbocycles. The molecule has 0 bridgehead atoms. The number of rotatable bonds is 16. The van der Waals surface area contributed by atoms with E-state index in [-0.39, 0.29) is 30.6 Å². The standard InChI is InChI=1S/C26H47N5O7/c1-10-16(28-24(35)19(14(6)7)30-23(34)18(27)13(4)5)21(32)25(36)29-17(11-12(2)3)22(33)31-20(15(8)9)26(37)38/h12-20H,10-11,27H2,1-9H3,(H,28,35)(H,29,36)(H,30,34)(H,31,33)(H,37,38)/t16-,17-,18-,19-,20-/m0/s1. The Balaban J connectivity index is 5.59. The van der Waals surface area contributed by atoms with E-state index in [0.717, 1.165) is 0 Å². The van der Waals surface area contributed by atoms with Crippen LogP contribution in [-0.2, 0) is 28.8 Å². The van der Waals surface area contributed by atoms with Crippen LogP contribution in [0.15, 0.2) is 0 Å². The number of hydrogen-bond donors (Lipinski definition) is 6. The second kappa shape index (κ2) is 16.1. The van der Waals surface area contributed by atoms with Gasteiger partial charge in [-0.2, -0.15) is 0 Å². The Hall–Kier alpha value is -3.02. The second-order valence-corrected chi connectivity index (χ2v) is 11.1. The quantitative estimate of drug-likeness (QED) is 0.150. The maximum absolute atomic E-state index is 13.0. The lowest BCUT2D eigenvalue weighted by molar-refractivity contribution is -0.144. The van der Waals surface area contributed by atoms with Gasteiger partial charge >= 0.3 is 5.97 Å². The van der Waals surface area contributed by atoms with Gasteiger partial charge in [-0.15, -0.1) is 0 Å². The highest BCUT2D eigenvalue weighted by Crippen LogP contribution is 2.10. The topological polar surface area (TPSA) is 197 Å². The van der Waals surface area contributed by atoms with Crippen molar-refractivity contribution < 1.29 is 33.9 Å². The van der Waals surface area contributed by atoms with Crippen molar-refractivity contribution in [3.8, 4) is 0 Å². The van der Waals surface area contributed by atoms with Crippen LogP contribution in [0.2, 0.25) is 0 Å². The van der Waals surface area contributed by atoms with Crippen LogP contribution in [0.5, 0.6) is 0 Å². The highest BCUT2D eigenvalue weighted by Gasteiger charge is 2.34. The van der Waals surface area contributed by atoms with Gasteiger partial charge in [-0.25, -0.2) is 4.79 Å². The summed E-state index contributed by atoms with van der Waals surface area (Å²) in [5, 5.41) is 19.3. The summed E-state index contributed by atoms with van der Waals surface area (Å²) in [5.41, 5.74) is 5.88. The summed E-state index contributed by atoms with van der Waals surface area (Å²) in [4.78, 5) is 75.5. The van der Waals surface area contributed by atoms with Gasteiger partial charge in [0.2, 0.25) is 23.5 Å². The number of amides is 4. The third-order valence-corrected chi connectivity index (χ3v) is 6.09. The van der Waals surface area contributed by atoms with Crippen molar-refractivity contribution in [1.29, 1.82) is 0 Å². The number of nitrogens with two attached hydrogens (primary N) is 1. The van der Waals surface area contributed by atoms with E-state index in [1.807, 2.05) is 13.8 Å². The van der Waals surface area contributed by atoms with E-state index in [1.54, 1.807) is 48.5 Å². The van der Waals surface area contributed by atoms with E-state index in [4.69, 9.17) is 5.73 Å². The minimum Gasteiger partial charge on any atom is -0.480 e. The van der Waals surface area contributed by atoms with Gasteiger partial charge < -0.3 is 32.1 Å². The lowest BCUT2D eigenvalue weighted by atomic mass is 9.99. The Labute approximate surface area is 225 Å². The van der Waals surface area contributed by atoms with Crippen LogP contribution in [0.25, 0.3) is 0 Å². The van der Waals surface area contributed by atoms with E-state index < -0.39 is 71.5 Å². The van der Waals surface area contributed by atoms with Crippen molar-refractivity contribution in [1.82, 2.24) is 21.3 Å². The van der Waals surface area contributed by atoms with Crippen molar-refractivity contribution in [3.05, 3.63) is 0 Å². The Morgan fingerprint density at radius 1 is 0.658 bits per heavy atom. The van der Waals surface area contributed by atoms with Crippen LogP contribution in [0, 0.1) is 23.7 Å². The van der Waals surface area contributed by atoms with Crippen molar-refractivity contribution in [2.45, 2.75) is 105 Å². The summed E-state index contributed by atoms with van der Waals surface area (Å²) in [6, 6.07) is -5.33. The zero-order valence-electron chi connectivity index (χ0n) is 24.1. The number of carboxylic acid groups (broad SMARTS) is 1. The van der Waals surface area contributed by atoms with Gasteiger partial charge in [0.1, 0.15) is 18.1 Å². The van der Waals surface area contributed by atoms with Gasteiger partial charge in [0.15, 0.2) is 0 Å². The fraction of sp³-hybridized carbons (Fsp3) is 0.769. The molecule has 7 N–H and O–H groups in total. The molecule has 0 aromatic rings. The molecule has 4 amide bonds. The number of carboxylic acids is 1. The van der Waals surface area contributed by atoms with Gasteiger partial charge in [-0.3, -0.25) is 24.0 Å². The first-order chi connectivity index (χ1) is 17.4. The van der Waals surface area contributed by atoms with E-state index in [9.17, 15) is 33.9 Å². The summed E-state index contributed by atoms with van der Waals surface area (Å²) in [6.45, 7) is 15.5. The average Bonchev–Trinajstić information content (AvgIpc) is 2.81. The molecule has 0 aliphatic carbocycles. The Morgan fingerprint density at radius 3 is 1.55 bits per heavy atom. The molecule has 218 valence electrons. The van der Waals surface area contributed by atoms with Crippen molar-refractivity contribution in [2.24, 2.45) is 29.4 Å². The number of carbonyl (C=O) groups is 6. The summed E-state index contributed by atoms with van der Waals surface area (Å²) in [5.74, 6) is -6.07. The molecule has 12 nitrogen and oxygen atoms in total. The predicted molar refractivity (Wildman–Crippen MR) is 143 cm³/mol. The molecular weight excluding hydrogens is 494 g/mol. The molecule has 5 atom stereocenters. The first kappa shape index (κ1) is 35.0. The summed E-state index contributed by atoms with van der Waals surface area (Å²) in [6.07, 6.45) is 0.244. The predicted octanol–water partition coefficient (Wildman–Crippen LogP) is 0.331. The van der Waals surface area contributed by atoms with E-state index in [1.165, 1.54) is 0 Å². The third kappa shape index (κ3) is 11.2. The molecule has 0 spiro atoms. The Bertz CT molecular complexity index is 857. The highest BCUT2D eigenvalue weighted by molar-refractivity contribution is 6.38. The smallest absolute Gasteiger partial charge is 0.326 e. The Morgan fingerprint density at radius 2 is 1.16 bits per heavy atom. The molecule has 0 saturated carbocycles. The zero-order chi connectivity index (χ0) is 29.9. The molecule has 0 radical (unpaired) electrons. The van der Waals surface area contributed by atoms with E-state index >= 15 is 0 Å². The number of ketones is 1. The maximum atomic E-state index is 13.0. The van der Waals surface area contributed by atoms with Crippen molar-refractivity contribution in [3.63, 3.8) is 0 Å². The van der Waals surface area contributed by atoms with Gasteiger partial charge in [-0.1, -0.05) is 62.3 Å². The van der Waals surface area contributed by atoms with Crippen LogP contribution < -0.4 is 27.0 Å². The fourth-order valence-electron chi connectivity index (χ4n) is 3.56. The van der Waals surface area contributed by atoms with E-state index in [0.29, 0.717) is 0 Å². The first-order valence-corrected chi connectivity index (χ1v) is 13.2. The minimum absolute atomic E-state index is 0.0576. The second-order valence-electron chi connectivity index (χ2n) is 11.1. The molecule has 0 aliphatic rings. The van der Waals surface area contributed by atoms with Crippen molar-refractivity contribution >= 4 is 35.4 Å². The number of carbonyl (C=O) groups excluding carboxylic acids is 5. The fourth-order valence-corrected chi connectivity index (χ4v) is 3.56. The molecule has 0 unspecified atom stereocenters. The highest BCUT2D eigenvalue weighted by atomic mass is 16.4. The molecule has 12 heteroatoms. The van der Waals surface area contributed by atoms with Crippen LogP contribution in [0.3, 0.4) is 0 Å². The molecule has 0 fully saturated rings. The normalized spacial score (nSPS) is 15.4. The summed E-state index contributed by atoms with van der Waals surface area (Å²) < 4.78 is 0. The maximum Gasteiger partial charge on any atom is 0.326 e. The van der Waals surface area contributed by atoms with Gasteiger partial charge in [0.25, 0.3) is 5.91 Å². The molecule has 0 aliphatic heterocycles. The van der Waals surface area contributed by atoms with E-state index in [2.05, 4.69) is 21.3 Å². The van der Waals surface area contributed by atoms with Crippen LogP contribution in [-0.4, -0.2) is 70.7 Å². The molecule has 0 heterocycles. The van der Waals surface area contributed by atoms with Gasteiger partial charge in [0, 0.05) is 0 Å². The summed E-state index contributed by atoms with van der Waals surface area (Å²) in [7, 11) is 0. The van der Waals surface area contributed by atoms with Gasteiger partial charge in [-0.05, 0) is 36.5 Å². The van der Waals surface area contributed by atoms with Crippen LogP contribution >= 0.6 is 0 Å². The SMILES string of the molecule is CC[C@H](NC(=O)[C@@H](NC(=O)[C@@H](N)C(C)C)C(C)C)C(=O)C(=O)N[C@@H](CC(C)C)C(=O)N[C@H](C(=O)O)C(C)C. The molecular formula is C26H47N5O7. The first-order valence-electron chi connectivity index (χ1n) is 13.2. The molecule has 0 rings (SSSR count). The lowest BCUT2D eigenvalue weighted by Gasteiger charge is -2.27. The molecule has 0 saturated heterocycles. The van der Waals surface area contributed by atoms with Gasteiger partial charge in [0.05, 0.1) is 12.1 Å². The third-order valence-electron chi connectivity index (χ3n) is 6.09. The average molecular weight is 542 g/mol. The van der Waals surface area contributed by atoms with Crippen LogP contribution in [0.4, 0.5) is 0 Å².